The number of pyridine rings is 1. The summed E-state index contributed by atoms with van der Waals surface area (Å²) < 4.78 is 6.09. The third-order valence-corrected chi connectivity index (χ3v) is 5.66. The van der Waals surface area contributed by atoms with E-state index in [1.807, 2.05) is 19.9 Å². The van der Waals surface area contributed by atoms with Crippen molar-refractivity contribution in [2.75, 3.05) is 18.4 Å². The van der Waals surface area contributed by atoms with Crippen LogP contribution in [0.3, 0.4) is 0 Å². The molecule has 3 heterocycles. The number of likely N-dealkylation sites (tertiary alicyclic amines) is 1. The summed E-state index contributed by atoms with van der Waals surface area (Å²) in [5, 5.41) is 5.07. The molecule has 1 aliphatic rings. The molecule has 0 spiro atoms. The Balaban J connectivity index is 1.52. The second-order valence-corrected chi connectivity index (χ2v) is 7.60. The number of ether oxygens (including phenoxy) is 1. The Morgan fingerprint density at radius 3 is 2.78 bits per heavy atom. The fraction of sp³-hybridized carbons (Fsp3) is 0.421. The number of amides is 2. The van der Waals surface area contributed by atoms with Gasteiger partial charge >= 0.3 is 0 Å². The molecule has 0 aromatic carbocycles. The average Bonchev–Trinajstić information content (AvgIpc) is 3.12. The van der Waals surface area contributed by atoms with Crippen molar-refractivity contribution in [3.8, 4) is 5.75 Å². The smallest absolute Gasteiger partial charge is 0.251 e. The third-order valence-electron chi connectivity index (χ3n) is 4.83. The van der Waals surface area contributed by atoms with Crippen molar-refractivity contribution in [2.24, 2.45) is 5.73 Å². The maximum Gasteiger partial charge on any atom is 0.251 e. The van der Waals surface area contributed by atoms with E-state index in [-0.39, 0.29) is 18.1 Å². The number of nitrogens with zero attached hydrogens (tertiary/aromatic N) is 2. The lowest BCUT2D eigenvalue weighted by molar-refractivity contribution is -0.121. The van der Waals surface area contributed by atoms with Crippen molar-refractivity contribution in [1.29, 1.82) is 0 Å². The van der Waals surface area contributed by atoms with Gasteiger partial charge in [-0.15, -0.1) is 11.3 Å². The largest absolute Gasteiger partial charge is 0.490 e. The minimum Gasteiger partial charge on any atom is -0.490 e. The number of hydrogen-bond donors (Lipinski definition) is 2. The molecule has 0 radical (unpaired) electrons. The Bertz CT molecular complexity index is 815. The van der Waals surface area contributed by atoms with Crippen molar-refractivity contribution in [1.82, 2.24) is 9.88 Å². The molecule has 0 saturated carbocycles. The van der Waals surface area contributed by atoms with E-state index in [2.05, 4.69) is 15.2 Å². The van der Waals surface area contributed by atoms with Crippen LogP contribution in [0.25, 0.3) is 0 Å². The zero-order valence-corrected chi connectivity index (χ0v) is 16.3. The number of rotatable bonds is 6. The molecule has 2 amide bonds. The van der Waals surface area contributed by atoms with Gasteiger partial charge in [-0.1, -0.05) is 0 Å². The zero-order valence-electron chi connectivity index (χ0n) is 15.5. The Labute approximate surface area is 162 Å². The topological polar surface area (TPSA) is 97.6 Å². The van der Waals surface area contributed by atoms with Crippen LogP contribution in [0.2, 0.25) is 0 Å². The molecule has 0 bridgehead atoms. The molecule has 2 aromatic rings. The Kier molecular flexibility index (Phi) is 6.08. The fourth-order valence-electron chi connectivity index (χ4n) is 3.14. The number of anilines is 1. The van der Waals surface area contributed by atoms with Gasteiger partial charge in [0.1, 0.15) is 16.9 Å². The molecule has 2 aromatic heterocycles. The molecule has 7 nitrogen and oxygen atoms in total. The summed E-state index contributed by atoms with van der Waals surface area (Å²) >= 11 is 1.30. The van der Waals surface area contributed by atoms with E-state index in [9.17, 15) is 9.59 Å². The van der Waals surface area contributed by atoms with Gasteiger partial charge in [-0.05, 0) is 44.2 Å². The van der Waals surface area contributed by atoms with Gasteiger partial charge < -0.3 is 15.8 Å². The highest BCUT2D eigenvalue weighted by atomic mass is 32.1. The van der Waals surface area contributed by atoms with Gasteiger partial charge in [0.25, 0.3) is 5.91 Å². The summed E-state index contributed by atoms with van der Waals surface area (Å²) in [7, 11) is 0. The van der Waals surface area contributed by atoms with Crippen LogP contribution in [-0.2, 0) is 4.79 Å². The number of carbonyl (C=O) groups excluding carboxylic acids is 2. The van der Waals surface area contributed by atoms with E-state index < -0.39 is 5.91 Å². The molecule has 3 rings (SSSR count). The number of aromatic nitrogens is 1. The maximum absolute atomic E-state index is 12.6. The van der Waals surface area contributed by atoms with Gasteiger partial charge in [0.2, 0.25) is 5.91 Å². The molecule has 1 fully saturated rings. The third kappa shape index (κ3) is 4.64. The molecule has 3 N–H and O–H groups in total. The summed E-state index contributed by atoms with van der Waals surface area (Å²) in [5.74, 6) is 0.193. The number of nitrogens with one attached hydrogen (secondary N) is 1. The van der Waals surface area contributed by atoms with Crippen LogP contribution in [0.5, 0.6) is 5.75 Å². The lowest BCUT2D eigenvalue weighted by atomic mass is 10.1. The summed E-state index contributed by atoms with van der Waals surface area (Å²) in [4.78, 5) is 30.2. The first-order valence-electron chi connectivity index (χ1n) is 8.95. The van der Waals surface area contributed by atoms with E-state index >= 15 is 0 Å². The molecule has 27 heavy (non-hydrogen) atoms. The Morgan fingerprint density at radius 1 is 1.37 bits per heavy atom. The SMILES string of the molecule is Cc1cnccc1OC1CCN(C(C)C(=O)Nc2sccc2C(N)=O)CC1. The maximum atomic E-state index is 12.6. The highest BCUT2D eigenvalue weighted by Crippen LogP contribution is 2.25. The molecule has 144 valence electrons. The predicted octanol–water partition coefficient (Wildman–Crippen LogP) is 2.42. The minimum atomic E-state index is -0.538. The van der Waals surface area contributed by atoms with Gasteiger partial charge in [-0.25, -0.2) is 0 Å². The molecule has 1 unspecified atom stereocenters. The predicted molar refractivity (Wildman–Crippen MR) is 105 cm³/mol. The van der Waals surface area contributed by atoms with Gasteiger partial charge in [-0.3, -0.25) is 19.5 Å². The van der Waals surface area contributed by atoms with Gasteiger partial charge in [0, 0.05) is 31.0 Å². The Hall–Kier alpha value is -2.45. The van der Waals surface area contributed by atoms with Crippen molar-refractivity contribution < 1.29 is 14.3 Å². The number of hydrogen-bond acceptors (Lipinski definition) is 6. The number of nitrogens with two attached hydrogens (primary N) is 1. The summed E-state index contributed by atoms with van der Waals surface area (Å²) in [6, 6.07) is 3.21. The lowest BCUT2D eigenvalue weighted by Crippen LogP contribution is -2.47. The summed E-state index contributed by atoms with van der Waals surface area (Å²) in [6.07, 6.45) is 5.36. The average molecular weight is 388 g/mol. The molecule has 1 atom stereocenters. The first-order chi connectivity index (χ1) is 13.0. The highest BCUT2D eigenvalue weighted by molar-refractivity contribution is 7.14. The van der Waals surface area contributed by atoms with Crippen LogP contribution >= 0.6 is 11.3 Å². The van der Waals surface area contributed by atoms with E-state index in [1.165, 1.54) is 11.3 Å². The van der Waals surface area contributed by atoms with Crippen LogP contribution in [0.1, 0.15) is 35.7 Å². The van der Waals surface area contributed by atoms with Gasteiger partial charge in [-0.2, -0.15) is 0 Å². The zero-order chi connectivity index (χ0) is 19.4. The van der Waals surface area contributed by atoms with Crippen molar-refractivity contribution in [3.05, 3.63) is 41.0 Å². The normalized spacial score (nSPS) is 16.7. The number of piperidine rings is 1. The van der Waals surface area contributed by atoms with Crippen LogP contribution in [0, 0.1) is 6.92 Å². The fourth-order valence-corrected chi connectivity index (χ4v) is 3.93. The number of aryl methyl sites for hydroxylation is 1. The molecule has 1 saturated heterocycles. The molecule has 8 heteroatoms. The van der Waals surface area contributed by atoms with Crippen molar-refractivity contribution in [2.45, 2.75) is 38.8 Å². The first-order valence-corrected chi connectivity index (χ1v) is 9.83. The van der Waals surface area contributed by atoms with Crippen LogP contribution in [-0.4, -0.2) is 46.9 Å². The van der Waals surface area contributed by atoms with Gasteiger partial charge in [0.05, 0.1) is 11.6 Å². The number of carbonyl (C=O) groups is 2. The first kappa shape index (κ1) is 19.3. The lowest BCUT2D eigenvalue weighted by Gasteiger charge is -2.35. The summed E-state index contributed by atoms with van der Waals surface area (Å²) in [5.41, 5.74) is 6.70. The second kappa shape index (κ2) is 8.49. The highest BCUT2D eigenvalue weighted by Gasteiger charge is 2.28. The Morgan fingerprint density at radius 2 is 2.11 bits per heavy atom. The van der Waals surface area contributed by atoms with Crippen LogP contribution < -0.4 is 15.8 Å². The molecule has 1 aliphatic heterocycles. The number of thiophene rings is 1. The van der Waals surface area contributed by atoms with Crippen molar-refractivity contribution >= 4 is 28.2 Å². The minimum absolute atomic E-state index is 0.135. The standard InChI is InChI=1S/C19H24N4O3S/c1-12-11-21-7-3-16(12)26-14-4-8-23(9-5-14)13(2)18(25)22-19-15(17(20)24)6-10-27-19/h3,6-7,10-11,13-14H,4-5,8-9H2,1-2H3,(H2,20,24)(H,22,25). The monoisotopic (exact) mass is 388 g/mol. The number of primary amides is 1. The van der Waals surface area contributed by atoms with Crippen LogP contribution in [0.4, 0.5) is 5.00 Å². The summed E-state index contributed by atoms with van der Waals surface area (Å²) in [6.45, 7) is 5.41. The molecule has 0 aliphatic carbocycles. The van der Waals surface area contributed by atoms with E-state index in [0.29, 0.717) is 10.6 Å². The van der Waals surface area contributed by atoms with E-state index in [4.69, 9.17) is 10.5 Å². The van der Waals surface area contributed by atoms with E-state index in [0.717, 1.165) is 37.2 Å². The quantitative estimate of drug-likeness (QED) is 0.792. The van der Waals surface area contributed by atoms with Crippen LogP contribution in [0.15, 0.2) is 29.9 Å². The van der Waals surface area contributed by atoms with E-state index in [1.54, 1.807) is 23.8 Å². The van der Waals surface area contributed by atoms with Gasteiger partial charge in [0.15, 0.2) is 0 Å². The molecular weight excluding hydrogens is 364 g/mol. The molecular formula is C19H24N4O3S. The second-order valence-electron chi connectivity index (χ2n) is 6.69. The van der Waals surface area contributed by atoms with Crippen molar-refractivity contribution in [3.63, 3.8) is 0 Å².